The van der Waals surface area contributed by atoms with Crippen LogP contribution in [0.5, 0.6) is 5.75 Å². The summed E-state index contributed by atoms with van der Waals surface area (Å²) in [5.41, 5.74) is 1.80. The second-order valence-corrected chi connectivity index (χ2v) is 9.10. The Labute approximate surface area is 196 Å². The number of thioether (sulfide) groups is 1. The van der Waals surface area contributed by atoms with E-state index >= 15 is 0 Å². The first-order chi connectivity index (χ1) is 14.9. The van der Waals surface area contributed by atoms with Gasteiger partial charge in [-0.25, -0.2) is 0 Å². The molecule has 3 rings (SSSR count). The standard InChI is InChI=1S/C23H22ClNO4S2/c24-18-11-9-16(10-12-18)15-29-19-7-4-3-6-17(19)14-20-22(28)25(23(30)31-20)13-5-1-2-8-21(26)27/h3-4,6-7,9-12,14H,1-2,5,8,13,15H2,(H,26,27)/b20-14+. The zero-order valence-corrected chi connectivity index (χ0v) is 19.1. The molecule has 1 aliphatic rings. The molecule has 0 aromatic heterocycles. The van der Waals surface area contributed by atoms with Gasteiger partial charge in [0.25, 0.3) is 5.91 Å². The Bertz CT molecular complexity index is 991. The van der Waals surface area contributed by atoms with Gasteiger partial charge in [0.15, 0.2) is 0 Å². The predicted octanol–water partition coefficient (Wildman–Crippen LogP) is 5.77. The van der Waals surface area contributed by atoms with Crippen molar-refractivity contribution in [3.8, 4) is 5.75 Å². The molecule has 0 bridgehead atoms. The summed E-state index contributed by atoms with van der Waals surface area (Å²) >= 11 is 12.6. The number of ether oxygens (including phenoxy) is 1. The minimum atomic E-state index is -0.800. The number of carbonyl (C=O) groups excluding carboxylic acids is 1. The highest BCUT2D eigenvalue weighted by atomic mass is 35.5. The van der Waals surface area contributed by atoms with Gasteiger partial charge in [0, 0.05) is 23.6 Å². The number of nitrogens with zero attached hydrogens (tertiary/aromatic N) is 1. The summed E-state index contributed by atoms with van der Waals surface area (Å²) in [4.78, 5) is 25.6. The molecule has 0 saturated carbocycles. The van der Waals surface area contributed by atoms with Crippen molar-refractivity contribution in [2.45, 2.75) is 32.3 Å². The third-order valence-corrected chi connectivity index (χ3v) is 6.29. The van der Waals surface area contributed by atoms with Gasteiger partial charge >= 0.3 is 5.97 Å². The van der Waals surface area contributed by atoms with Gasteiger partial charge in [-0.05, 0) is 42.7 Å². The Hall–Kier alpha value is -2.35. The van der Waals surface area contributed by atoms with Gasteiger partial charge in [0.1, 0.15) is 16.7 Å². The van der Waals surface area contributed by atoms with Crippen LogP contribution in [0.15, 0.2) is 53.4 Å². The van der Waals surface area contributed by atoms with E-state index in [2.05, 4.69) is 0 Å². The van der Waals surface area contributed by atoms with E-state index < -0.39 is 5.97 Å². The van der Waals surface area contributed by atoms with E-state index in [0.717, 1.165) is 17.5 Å². The Morgan fingerprint density at radius 2 is 1.87 bits per heavy atom. The number of thiocarbonyl (C=S) groups is 1. The molecule has 0 unspecified atom stereocenters. The molecular formula is C23H22ClNO4S2. The van der Waals surface area contributed by atoms with Gasteiger partial charge in [0.05, 0.1) is 4.91 Å². The fraction of sp³-hybridized carbons (Fsp3) is 0.261. The molecule has 0 atom stereocenters. The fourth-order valence-electron chi connectivity index (χ4n) is 3.03. The van der Waals surface area contributed by atoms with Crippen molar-refractivity contribution in [2.24, 2.45) is 0 Å². The number of para-hydroxylation sites is 1. The summed E-state index contributed by atoms with van der Waals surface area (Å²) in [5, 5.41) is 9.38. The van der Waals surface area contributed by atoms with Gasteiger partial charge < -0.3 is 9.84 Å². The molecule has 1 saturated heterocycles. The molecule has 1 fully saturated rings. The van der Waals surface area contributed by atoms with Gasteiger partial charge in [-0.1, -0.05) is 72.3 Å². The van der Waals surface area contributed by atoms with Crippen LogP contribution in [0.4, 0.5) is 0 Å². The molecule has 1 aliphatic heterocycles. The number of rotatable bonds is 10. The van der Waals surface area contributed by atoms with Crippen molar-refractivity contribution in [3.63, 3.8) is 0 Å². The molecule has 0 radical (unpaired) electrons. The Balaban J connectivity index is 1.63. The average Bonchev–Trinajstić information content (AvgIpc) is 3.01. The van der Waals surface area contributed by atoms with Crippen LogP contribution in [0.1, 0.15) is 36.8 Å². The Morgan fingerprint density at radius 3 is 2.61 bits per heavy atom. The molecular weight excluding hydrogens is 454 g/mol. The summed E-state index contributed by atoms with van der Waals surface area (Å²) in [6, 6.07) is 15.0. The topological polar surface area (TPSA) is 66.8 Å². The van der Waals surface area contributed by atoms with Gasteiger partial charge in [-0.2, -0.15) is 0 Å². The van der Waals surface area contributed by atoms with Crippen LogP contribution in [0, 0.1) is 0 Å². The molecule has 2 aromatic carbocycles. The molecule has 1 heterocycles. The minimum absolute atomic E-state index is 0.124. The number of amides is 1. The number of aliphatic carboxylic acids is 1. The van der Waals surface area contributed by atoms with Crippen LogP contribution in [0.3, 0.4) is 0 Å². The predicted molar refractivity (Wildman–Crippen MR) is 128 cm³/mol. The SMILES string of the molecule is O=C(O)CCCCCN1C(=O)/C(=C\c2ccccc2OCc2ccc(Cl)cc2)SC1=S. The van der Waals surface area contributed by atoms with E-state index in [1.54, 1.807) is 11.0 Å². The maximum Gasteiger partial charge on any atom is 0.303 e. The highest BCUT2D eigenvalue weighted by Gasteiger charge is 2.31. The highest BCUT2D eigenvalue weighted by molar-refractivity contribution is 8.26. The van der Waals surface area contributed by atoms with Crippen LogP contribution < -0.4 is 4.74 Å². The second kappa shape index (κ2) is 11.3. The van der Waals surface area contributed by atoms with Crippen molar-refractivity contribution in [3.05, 3.63) is 69.6 Å². The summed E-state index contributed by atoms with van der Waals surface area (Å²) in [6.45, 7) is 0.885. The fourth-order valence-corrected chi connectivity index (χ4v) is 4.46. The third-order valence-electron chi connectivity index (χ3n) is 4.66. The molecule has 1 N–H and O–H groups in total. The number of hydrogen-bond acceptors (Lipinski definition) is 5. The van der Waals surface area contributed by atoms with Gasteiger partial charge in [-0.15, -0.1) is 0 Å². The summed E-state index contributed by atoms with van der Waals surface area (Å²) in [6.07, 6.45) is 4.00. The maximum atomic E-state index is 12.8. The average molecular weight is 476 g/mol. The lowest BCUT2D eigenvalue weighted by atomic mass is 10.1. The molecule has 0 aliphatic carbocycles. The molecule has 31 heavy (non-hydrogen) atoms. The summed E-state index contributed by atoms with van der Waals surface area (Å²) in [5.74, 6) is -0.248. The van der Waals surface area contributed by atoms with Gasteiger partial charge in [0.2, 0.25) is 0 Å². The van der Waals surface area contributed by atoms with Crippen LogP contribution >= 0.6 is 35.6 Å². The van der Waals surface area contributed by atoms with E-state index in [9.17, 15) is 9.59 Å². The maximum absolute atomic E-state index is 12.8. The smallest absolute Gasteiger partial charge is 0.303 e. The number of benzene rings is 2. The molecule has 2 aromatic rings. The number of halogens is 1. The van der Waals surface area contributed by atoms with E-state index in [-0.39, 0.29) is 12.3 Å². The van der Waals surface area contributed by atoms with E-state index in [1.165, 1.54) is 11.8 Å². The highest BCUT2D eigenvalue weighted by Crippen LogP contribution is 2.34. The van der Waals surface area contributed by atoms with E-state index in [0.29, 0.717) is 46.0 Å². The van der Waals surface area contributed by atoms with Gasteiger partial charge in [-0.3, -0.25) is 14.5 Å². The number of unbranched alkanes of at least 4 members (excludes halogenated alkanes) is 2. The molecule has 5 nitrogen and oxygen atoms in total. The summed E-state index contributed by atoms with van der Waals surface area (Å²) < 4.78 is 6.49. The largest absolute Gasteiger partial charge is 0.488 e. The minimum Gasteiger partial charge on any atom is -0.488 e. The van der Waals surface area contributed by atoms with Crippen molar-refractivity contribution in [2.75, 3.05) is 6.54 Å². The zero-order chi connectivity index (χ0) is 22.2. The lowest BCUT2D eigenvalue weighted by Gasteiger charge is -2.14. The van der Waals surface area contributed by atoms with Crippen molar-refractivity contribution < 1.29 is 19.4 Å². The number of carboxylic acids is 1. The third kappa shape index (κ3) is 6.82. The molecule has 1 amide bonds. The van der Waals surface area contributed by atoms with Crippen molar-refractivity contribution in [1.29, 1.82) is 0 Å². The number of hydrogen-bond donors (Lipinski definition) is 1. The summed E-state index contributed by atoms with van der Waals surface area (Å²) in [7, 11) is 0. The van der Waals surface area contributed by atoms with E-state index in [1.807, 2.05) is 48.5 Å². The molecule has 0 spiro atoms. The lowest BCUT2D eigenvalue weighted by molar-refractivity contribution is -0.137. The Morgan fingerprint density at radius 1 is 1.13 bits per heavy atom. The Kier molecular flexibility index (Phi) is 8.51. The zero-order valence-electron chi connectivity index (χ0n) is 16.8. The molecule has 8 heteroatoms. The van der Waals surface area contributed by atoms with Crippen LogP contribution in [0.25, 0.3) is 6.08 Å². The first kappa shape index (κ1) is 23.3. The first-order valence-electron chi connectivity index (χ1n) is 9.87. The number of carboxylic acid groups (broad SMARTS) is 1. The second-order valence-electron chi connectivity index (χ2n) is 6.99. The monoisotopic (exact) mass is 475 g/mol. The normalized spacial score (nSPS) is 15.0. The lowest BCUT2D eigenvalue weighted by Crippen LogP contribution is -2.29. The number of carbonyl (C=O) groups is 2. The van der Waals surface area contributed by atoms with Crippen LogP contribution in [-0.4, -0.2) is 32.7 Å². The quantitative estimate of drug-likeness (QED) is 0.267. The van der Waals surface area contributed by atoms with E-state index in [4.69, 9.17) is 33.7 Å². The van der Waals surface area contributed by atoms with Crippen LogP contribution in [0.2, 0.25) is 5.02 Å². The van der Waals surface area contributed by atoms with Crippen LogP contribution in [-0.2, 0) is 16.2 Å². The van der Waals surface area contributed by atoms with Crippen molar-refractivity contribution in [1.82, 2.24) is 4.90 Å². The first-order valence-corrected chi connectivity index (χ1v) is 11.5. The van der Waals surface area contributed by atoms with Crippen molar-refractivity contribution >= 4 is 57.9 Å². The molecule has 162 valence electrons.